The van der Waals surface area contributed by atoms with Crippen LogP contribution in [0, 0.1) is 0 Å². The van der Waals surface area contributed by atoms with Crippen LogP contribution in [-0.2, 0) is 10.0 Å². The van der Waals surface area contributed by atoms with Crippen LogP contribution in [-0.4, -0.2) is 71.8 Å². The number of methoxy groups -OCH3 is 1. The molecular formula is C23H23Cl2N5O4S. The van der Waals surface area contributed by atoms with Gasteiger partial charge in [-0.2, -0.15) is 4.31 Å². The van der Waals surface area contributed by atoms with E-state index in [2.05, 4.69) is 15.0 Å². The molecule has 1 amide bonds. The third-order valence-corrected chi connectivity index (χ3v) is 7.16. The van der Waals surface area contributed by atoms with E-state index in [1.54, 1.807) is 47.9 Å². The lowest BCUT2D eigenvalue weighted by molar-refractivity contribution is 0.0686. The van der Waals surface area contributed by atoms with E-state index in [1.165, 1.54) is 17.5 Å². The molecule has 0 spiro atoms. The maximum absolute atomic E-state index is 12.8. The third kappa shape index (κ3) is 6.34. The minimum absolute atomic E-state index is 0. The zero-order valence-corrected chi connectivity index (χ0v) is 21.1. The summed E-state index contributed by atoms with van der Waals surface area (Å²) in [5, 5.41) is 1.63. The second kappa shape index (κ2) is 11.6. The minimum atomic E-state index is -3.68. The highest BCUT2D eigenvalue weighted by atomic mass is 35.5. The molecule has 0 radical (unpaired) electrons. The van der Waals surface area contributed by atoms with Gasteiger partial charge in [-0.05, 0) is 42.0 Å². The van der Waals surface area contributed by atoms with Crippen LogP contribution in [0.5, 0.6) is 5.75 Å². The number of nitrogens with zero attached hydrogens (tertiary/aromatic N) is 5. The summed E-state index contributed by atoms with van der Waals surface area (Å²) in [6.07, 6.45) is 7.99. The molecule has 0 unspecified atom stereocenters. The molecule has 0 aliphatic carbocycles. The summed E-state index contributed by atoms with van der Waals surface area (Å²) in [5.41, 5.74) is 2.27. The number of carbonyl (C=O) groups is 1. The Morgan fingerprint density at radius 1 is 1.03 bits per heavy atom. The van der Waals surface area contributed by atoms with Crippen LogP contribution in [0.25, 0.3) is 17.2 Å². The number of hydrogen-bond donors (Lipinski definition) is 0. The van der Waals surface area contributed by atoms with E-state index >= 15 is 0 Å². The van der Waals surface area contributed by atoms with Crippen LogP contribution in [0.15, 0.2) is 60.5 Å². The van der Waals surface area contributed by atoms with Gasteiger partial charge in [0, 0.05) is 72.5 Å². The first kappa shape index (κ1) is 26.6. The Morgan fingerprint density at radius 3 is 2.31 bits per heavy atom. The summed E-state index contributed by atoms with van der Waals surface area (Å²) >= 11 is 5.95. The van der Waals surface area contributed by atoms with Gasteiger partial charge in [0.05, 0.1) is 7.11 Å². The highest BCUT2D eigenvalue weighted by Gasteiger charge is 2.29. The molecule has 9 nitrogen and oxygen atoms in total. The van der Waals surface area contributed by atoms with Gasteiger partial charge in [-0.3, -0.25) is 9.78 Å². The Hall–Kier alpha value is -3.05. The molecule has 1 aromatic carbocycles. The molecule has 0 N–H and O–H groups in total. The highest BCUT2D eigenvalue weighted by molar-refractivity contribution is 7.92. The quantitative estimate of drug-likeness (QED) is 0.476. The van der Waals surface area contributed by atoms with E-state index in [0.717, 1.165) is 16.5 Å². The lowest BCUT2D eigenvalue weighted by atomic mass is 10.1. The van der Waals surface area contributed by atoms with Crippen molar-refractivity contribution in [2.24, 2.45) is 0 Å². The average Bonchev–Trinajstić information content (AvgIpc) is 2.88. The molecule has 1 aliphatic rings. The Labute approximate surface area is 214 Å². The number of aromatic nitrogens is 3. The fourth-order valence-corrected chi connectivity index (χ4v) is 4.81. The SMILES string of the molecule is COc1cc(Cl)ccc1C=CS(=O)(=O)N1CCN(C(=O)c2ncc(-c3ccncc3)cn2)CC1.Cl. The first-order valence-electron chi connectivity index (χ1n) is 10.4. The first-order chi connectivity index (χ1) is 16.4. The lowest BCUT2D eigenvalue weighted by Crippen LogP contribution is -2.50. The van der Waals surface area contributed by atoms with Crippen molar-refractivity contribution in [3.05, 3.63) is 76.9 Å². The summed E-state index contributed by atoms with van der Waals surface area (Å²) in [7, 11) is -2.19. The summed E-state index contributed by atoms with van der Waals surface area (Å²) in [5.74, 6) is 0.216. The molecule has 1 fully saturated rings. The van der Waals surface area contributed by atoms with Gasteiger partial charge in [0.15, 0.2) is 0 Å². The van der Waals surface area contributed by atoms with Gasteiger partial charge in [-0.1, -0.05) is 11.6 Å². The van der Waals surface area contributed by atoms with Crippen molar-refractivity contribution in [3.63, 3.8) is 0 Å². The number of piperazine rings is 1. The summed E-state index contributed by atoms with van der Waals surface area (Å²) in [6, 6.07) is 8.62. The molecule has 3 aromatic rings. The van der Waals surface area contributed by atoms with Gasteiger partial charge >= 0.3 is 0 Å². The van der Waals surface area contributed by atoms with Crippen LogP contribution < -0.4 is 4.74 Å². The topological polar surface area (TPSA) is 106 Å². The standard InChI is InChI=1S/C23H22ClN5O4S.ClH/c1-33-21-14-20(24)3-2-18(21)6-13-34(31,32)29-11-9-28(10-12-29)23(30)22-26-15-19(16-27-22)17-4-7-25-8-5-17;/h2-8,13-16H,9-12H2,1H3;1H. The molecule has 4 rings (SSSR count). The Morgan fingerprint density at radius 2 is 1.69 bits per heavy atom. The summed E-state index contributed by atoms with van der Waals surface area (Å²) in [6.45, 7) is 0.827. The molecule has 1 aliphatic heterocycles. The van der Waals surface area contributed by atoms with Gasteiger partial charge in [0.25, 0.3) is 5.91 Å². The van der Waals surface area contributed by atoms with Crippen molar-refractivity contribution in [1.82, 2.24) is 24.2 Å². The van der Waals surface area contributed by atoms with Gasteiger partial charge in [-0.15, -0.1) is 12.4 Å². The molecule has 0 bridgehead atoms. The predicted octanol–water partition coefficient (Wildman–Crippen LogP) is 3.38. The lowest BCUT2D eigenvalue weighted by Gasteiger charge is -2.32. The van der Waals surface area contributed by atoms with Crippen LogP contribution in [0.1, 0.15) is 16.2 Å². The first-order valence-corrected chi connectivity index (χ1v) is 12.3. The molecule has 184 valence electrons. The summed E-state index contributed by atoms with van der Waals surface area (Å²) in [4.78, 5) is 26.7. The number of pyridine rings is 1. The fraction of sp³-hybridized carbons (Fsp3) is 0.217. The smallest absolute Gasteiger partial charge is 0.291 e. The second-order valence-corrected chi connectivity index (χ2v) is 9.71. The van der Waals surface area contributed by atoms with Gasteiger partial charge in [0.2, 0.25) is 15.8 Å². The van der Waals surface area contributed by atoms with Gasteiger partial charge < -0.3 is 9.64 Å². The van der Waals surface area contributed by atoms with E-state index in [9.17, 15) is 13.2 Å². The van der Waals surface area contributed by atoms with Crippen molar-refractivity contribution >= 4 is 46.0 Å². The number of halogens is 2. The molecule has 1 saturated heterocycles. The second-order valence-electron chi connectivity index (χ2n) is 7.46. The van der Waals surface area contributed by atoms with Crippen molar-refractivity contribution in [2.45, 2.75) is 0 Å². The number of sulfonamides is 1. The molecule has 3 heterocycles. The Bertz CT molecular complexity index is 1300. The molecule has 2 aromatic heterocycles. The maximum atomic E-state index is 12.8. The number of benzene rings is 1. The van der Waals surface area contributed by atoms with Crippen LogP contribution in [0.3, 0.4) is 0 Å². The molecule has 0 atom stereocenters. The molecule has 0 saturated carbocycles. The zero-order chi connectivity index (χ0) is 24.1. The molecular weight excluding hydrogens is 513 g/mol. The van der Waals surface area contributed by atoms with E-state index < -0.39 is 10.0 Å². The number of hydrogen-bond acceptors (Lipinski definition) is 7. The van der Waals surface area contributed by atoms with Crippen molar-refractivity contribution in [1.29, 1.82) is 0 Å². The van der Waals surface area contributed by atoms with Gasteiger partial charge in [-0.25, -0.2) is 18.4 Å². The number of rotatable bonds is 6. The normalized spacial score (nSPS) is 14.5. The van der Waals surface area contributed by atoms with Crippen molar-refractivity contribution in [3.8, 4) is 16.9 Å². The fourth-order valence-electron chi connectivity index (χ4n) is 3.49. The van der Waals surface area contributed by atoms with Gasteiger partial charge in [0.1, 0.15) is 5.75 Å². The third-order valence-electron chi connectivity index (χ3n) is 5.36. The number of ether oxygens (including phenoxy) is 1. The largest absolute Gasteiger partial charge is 0.496 e. The van der Waals surface area contributed by atoms with Crippen LogP contribution in [0.4, 0.5) is 0 Å². The Balaban J connectivity index is 0.00000342. The van der Waals surface area contributed by atoms with Crippen LogP contribution in [0.2, 0.25) is 5.02 Å². The molecule has 35 heavy (non-hydrogen) atoms. The van der Waals surface area contributed by atoms with E-state index in [-0.39, 0.29) is 50.3 Å². The predicted molar refractivity (Wildman–Crippen MR) is 136 cm³/mol. The van der Waals surface area contributed by atoms with E-state index in [4.69, 9.17) is 16.3 Å². The monoisotopic (exact) mass is 535 g/mol. The Kier molecular flexibility index (Phi) is 8.79. The highest BCUT2D eigenvalue weighted by Crippen LogP contribution is 2.25. The maximum Gasteiger partial charge on any atom is 0.291 e. The van der Waals surface area contributed by atoms with Crippen LogP contribution >= 0.6 is 24.0 Å². The van der Waals surface area contributed by atoms with E-state index in [1.807, 2.05) is 12.1 Å². The van der Waals surface area contributed by atoms with Crippen molar-refractivity contribution in [2.75, 3.05) is 33.3 Å². The molecule has 12 heteroatoms. The minimum Gasteiger partial charge on any atom is -0.496 e. The van der Waals surface area contributed by atoms with E-state index in [0.29, 0.717) is 16.3 Å². The number of carbonyl (C=O) groups excluding carboxylic acids is 1. The number of amides is 1. The zero-order valence-electron chi connectivity index (χ0n) is 18.7. The summed E-state index contributed by atoms with van der Waals surface area (Å²) < 4.78 is 32.2. The average molecular weight is 536 g/mol. The van der Waals surface area contributed by atoms with Crippen molar-refractivity contribution < 1.29 is 17.9 Å².